The first-order valence-corrected chi connectivity index (χ1v) is 12.0. The SMILES string of the molecule is CN1N=CN(c2cccc(Oc3ccc4c5ccccc5n(-c5cc(C(C)(C)C)ccn5)c4c3)c2)N1. The zero-order valence-electron chi connectivity index (χ0n) is 20.8. The molecule has 0 spiro atoms. The maximum atomic E-state index is 6.33. The quantitative estimate of drug-likeness (QED) is 0.326. The molecule has 0 bridgehead atoms. The molecule has 0 unspecified atom stereocenters. The summed E-state index contributed by atoms with van der Waals surface area (Å²) in [5.74, 6) is 2.40. The molecular formula is C29H28N6O. The number of hydrogen-bond donors (Lipinski definition) is 1. The highest BCUT2D eigenvalue weighted by Gasteiger charge is 2.18. The largest absolute Gasteiger partial charge is 0.457 e. The molecule has 7 heteroatoms. The maximum Gasteiger partial charge on any atom is 0.137 e. The number of benzene rings is 3. The van der Waals surface area contributed by atoms with Gasteiger partial charge in [0, 0.05) is 36.1 Å². The van der Waals surface area contributed by atoms with Gasteiger partial charge in [0.1, 0.15) is 23.7 Å². The van der Waals surface area contributed by atoms with Crippen molar-refractivity contribution in [2.24, 2.45) is 5.10 Å². The molecule has 3 aromatic carbocycles. The molecule has 0 aliphatic carbocycles. The minimum Gasteiger partial charge on any atom is -0.457 e. The van der Waals surface area contributed by atoms with Gasteiger partial charge in [-0.05, 0) is 53.4 Å². The lowest BCUT2D eigenvalue weighted by atomic mass is 9.88. The van der Waals surface area contributed by atoms with Gasteiger partial charge in [0.15, 0.2) is 0 Å². The van der Waals surface area contributed by atoms with E-state index in [0.29, 0.717) is 0 Å². The van der Waals surface area contributed by atoms with Crippen LogP contribution < -0.4 is 15.3 Å². The second-order valence-electron chi connectivity index (χ2n) is 10.0. The molecule has 6 rings (SSSR count). The smallest absolute Gasteiger partial charge is 0.137 e. The molecule has 1 aliphatic heterocycles. The van der Waals surface area contributed by atoms with E-state index in [9.17, 15) is 0 Å². The van der Waals surface area contributed by atoms with Crippen LogP contribution in [0.1, 0.15) is 26.3 Å². The fraction of sp³-hybridized carbons (Fsp3) is 0.172. The van der Waals surface area contributed by atoms with Crippen LogP contribution in [0.4, 0.5) is 5.69 Å². The fourth-order valence-electron chi connectivity index (χ4n) is 4.56. The fourth-order valence-corrected chi connectivity index (χ4v) is 4.56. The van der Waals surface area contributed by atoms with Crippen molar-refractivity contribution in [2.45, 2.75) is 26.2 Å². The Morgan fingerprint density at radius 3 is 2.42 bits per heavy atom. The average Bonchev–Trinajstić information content (AvgIpc) is 3.45. The second kappa shape index (κ2) is 8.39. The first kappa shape index (κ1) is 22.1. The van der Waals surface area contributed by atoms with Crippen LogP contribution in [0.25, 0.3) is 27.6 Å². The second-order valence-corrected chi connectivity index (χ2v) is 10.0. The molecule has 0 atom stereocenters. The number of nitrogens with zero attached hydrogens (tertiary/aromatic N) is 5. The van der Waals surface area contributed by atoms with Crippen molar-refractivity contribution >= 4 is 33.8 Å². The van der Waals surface area contributed by atoms with Crippen LogP contribution in [0.2, 0.25) is 0 Å². The molecule has 0 amide bonds. The third kappa shape index (κ3) is 3.93. The van der Waals surface area contributed by atoms with Crippen LogP contribution >= 0.6 is 0 Å². The summed E-state index contributed by atoms with van der Waals surface area (Å²) in [7, 11) is 1.84. The number of rotatable bonds is 4. The van der Waals surface area contributed by atoms with Gasteiger partial charge in [-0.2, -0.15) is 0 Å². The highest BCUT2D eigenvalue weighted by molar-refractivity contribution is 6.09. The Morgan fingerprint density at radius 1 is 0.806 bits per heavy atom. The third-order valence-electron chi connectivity index (χ3n) is 6.41. The Morgan fingerprint density at radius 2 is 1.61 bits per heavy atom. The van der Waals surface area contributed by atoms with Crippen molar-refractivity contribution in [2.75, 3.05) is 12.1 Å². The van der Waals surface area contributed by atoms with Crippen molar-refractivity contribution in [3.63, 3.8) is 0 Å². The van der Waals surface area contributed by atoms with Crippen molar-refractivity contribution < 1.29 is 4.74 Å². The van der Waals surface area contributed by atoms with Gasteiger partial charge in [0.05, 0.1) is 16.7 Å². The van der Waals surface area contributed by atoms with E-state index in [4.69, 9.17) is 9.72 Å². The molecule has 0 radical (unpaired) electrons. The van der Waals surface area contributed by atoms with E-state index in [-0.39, 0.29) is 5.41 Å². The summed E-state index contributed by atoms with van der Waals surface area (Å²) in [4.78, 5) is 4.76. The van der Waals surface area contributed by atoms with Crippen molar-refractivity contribution in [1.82, 2.24) is 20.2 Å². The third-order valence-corrected chi connectivity index (χ3v) is 6.41. The van der Waals surface area contributed by atoms with Gasteiger partial charge in [-0.25, -0.2) is 15.1 Å². The molecule has 1 aliphatic rings. The van der Waals surface area contributed by atoms with Crippen molar-refractivity contribution in [3.8, 4) is 17.3 Å². The topological polar surface area (TPSA) is 57.9 Å². The molecule has 5 aromatic rings. The Labute approximate surface area is 210 Å². The monoisotopic (exact) mass is 476 g/mol. The Balaban J connectivity index is 1.44. The molecule has 0 fully saturated rings. The van der Waals surface area contributed by atoms with Gasteiger partial charge in [-0.3, -0.25) is 4.57 Å². The highest BCUT2D eigenvalue weighted by Crippen LogP contribution is 2.36. The number of para-hydroxylation sites is 1. The van der Waals surface area contributed by atoms with Gasteiger partial charge in [-0.1, -0.05) is 45.0 Å². The summed E-state index contributed by atoms with van der Waals surface area (Å²) in [5, 5.41) is 10.0. The maximum absolute atomic E-state index is 6.33. The normalized spacial score (nSPS) is 13.8. The van der Waals surface area contributed by atoms with Crippen LogP contribution in [0.15, 0.2) is 90.2 Å². The first-order valence-electron chi connectivity index (χ1n) is 12.0. The molecule has 180 valence electrons. The van der Waals surface area contributed by atoms with Gasteiger partial charge in [0.2, 0.25) is 0 Å². The number of hydrazone groups is 1. The van der Waals surface area contributed by atoms with Gasteiger partial charge in [-0.15, -0.1) is 10.6 Å². The lowest BCUT2D eigenvalue weighted by Crippen LogP contribution is -2.38. The highest BCUT2D eigenvalue weighted by atomic mass is 16.5. The van der Waals surface area contributed by atoms with E-state index in [2.05, 4.69) is 84.5 Å². The Kier molecular flexibility index (Phi) is 5.16. The average molecular weight is 477 g/mol. The minimum atomic E-state index is 0.0272. The summed E-state index contributed by atoms with van der Waals surface area (Å²) < 4.78 is 8.56. The molecule has 2 aromatic heterocycles. The van der Waals surface area contributed by atoms with E-state index in [0.717, 1.165) is 39.4 Å². The molecule has 0 saturated carbocycles. The standard InChI is InChI=1S/C29H28N6O/c1-29(2,3)20-14-15-30-28(16-20)35-26-11-6-5-10-24(26)25-13-12-23(18-27(25)35)36-22-9-7-8-21(17-22)34-19-31-33(4)32-34/h5-19,32H,1-4H3. The molecule has 7 nitrogen and oxygen atoms in total. The van der Waals surface area contributed by atoms with Crippen molar-refractivity contribution in [1.29, 1.82) is 0 Å². The number of hydrazine groups is 2. The number of fused-ring (bicyclic) bond motifs is 3. The van der Waals surface area contributed by atoms with Crippen LogP contribution in [-0.4, -0.2) is 28.1 Å². The predicted octanol–water partition coefficient (Wildman–Crippen LogP) is 6.38. The van der Waals surface area contributed by atoms with Gasteiger partial charge < -0.3 is 4.74 Å². The number of hydrogen-bond acceptors (Lipinski definition) is 6. The van der Waals surface area contributed by atoms with Gasteiger partial charge >= 0.3 is 0 Å². The molecule has 3 heterocycles. The number of ether oxygens (including phenoxy) is 1. The Hall–Kier alpha value is -4.36. The lowest BCUT2D eigenvalue weighted by molar-refractivity contribution is 0.279. The molecule has 0 saturated heterocycles. The summed E-state index contributed by atoms with van der Waals surface area (Å²) in [6, 6.07) is 26.9. The molecular weight excluding hydrogens is 448 g/mol. The number of anilines is 1. The lowest BCUT2D eigenvalue weighted by Gasteiger charge is -2.20. The number of nitrogens with one attached hydrogen (secondary N) is 1. The zero-order valence-corrected chi connectivity index (χ0v) is 20.8. The summed E-state index contributed by atoms with van der Waals surface area (Å²) in [6.45, 7) is 6.67. The van der Waals surface area contributed by atoms with E-state index in [1.807, 2.05) is 48.6 Å². The molecule has 36 heavy (non-hydrogen) atoms. The molecule has 1 N–H and O–H groups in total. The summed E-state index contributed by atoms with van der Waals surface area (Å²) in [6.07, 6.45) is 3.62. The van der Waals surface area contributed by atoms with E-state index in [1.165, 1.54) is 10.9 Å². The van der Waals surface area contributed by atoms with E-state index in [1.54, 1.807) is 11.5 Å². The van der Waals surface area contributed by atoms with Crippen molar-refractivity contribution in [3.05, 3.63) is 90.6 Å². The first-order chi connectivity index (χ1) is 17.4. The van der Waals surface area contributed by atoms with Gasteiger partial charge in [0.25, 0.3) is 0 Å². The minimum absolute atomic E-state index is 0.0272. The number of aromatic nitrogens is 2. The Bertz CT molecular complexity index is 1610. The van der Waals surface area contributed by atoms with Crippen LogP contribution in [-0.2, 0) is 5.41 Å². The van der Waals surface area contributed by atoms with E-state index >= 15 is 0 Å². The number of pyridine rings is 1. The summed E-state index contributed by atoms with van der Waals surface area (Å²) in [5.41, 5.74) is 7.49. The zero-order chi connectivity index (χ0) is 24.9. The van der Waals surface area contributed by atoms with Crippen LogP contribution in [0.5, 0.6) is 11.5 Å². The summed E-state index contributed by atoms with van der Waals surface area (Å²) >= 11 is 0. The predicted molar refractivity (Wildman–Crippen MR) is 146 cm³/mol. The van der Waals surface area contributed by atoms with E-state index < -0.39 is 0 Å². The van der Waals surface area contributed by atoms with Crippen LogP contribution in [0, 0.1) is 0 Å². The van der Waals surface area contributed by atoms with Crippen LogP contribution in [0.3, 0.4) is 0 Å².